The summed E-state index contributed by atoms with van der Waals surface area (Å²) >= 11 is 6.02. The standard InChI is InChI=1S/C16H20ClNO2/c17-13-7-5-4-6-12(13)10-11-16(20)18-14-8-2-1-3-9-15(14)19/h4-7,10-11,14-15,19H,1-3,8-9H2,(H,18,20)/b11-10+. The fourth-order valence-electron chi connectivity index (χ4n) is 2.46. The van der Waals surface area contributed by atoms with E-state index in [0.29, 0.717) is 5.02 Å². The third kappa shape index (κ3) is 4.36. The Labute approximate surface area is 124 Å². The van der Waals surface area contributed by atoms with Gasteiger partial charge in [-0.25, -0.2) is 0 Å². The van der Waals surface area contributed by atoms with E-state index in [0.717, 1.165) is 37.7 Å². The van der Waals surface area contributed by atoms with Crippen LogP contribution in [0, 0.1) is 0 Å². The zero-order chi connectivity index (χ0) is 14.4. The van der Waals surface area contributed by atoms with Gasteiger partial charge in [-0.1, -0.05) is 49.1 Å². The Bertz CT molecular complexity index is 487. The Kier molecular flexibility index (Phi) is 5.62. The average Bonchev–Trinajstić information content (AvgIpc) is 2.63. The van der Waals surface area contributed by atoms with Crippen molar-refractivity contribution >= 4 is 23.6 Å². The lowest BCUT2D eigenvalue weighted by Crippen LogP contribution is -2.41. The van der Waals surface area contributed by atoms with Gasteiger partial charge >= 0.3 is 0 Å². The Morgan fingerprint density at radius 1 is 1.25 bits per heavy atom. The van der Waals surface area contributed by atoms with Crippen molar-refractivity contribution in [2.75, 3.05) is 0 Å². The maximum atomic E-state index is 11.9. The molecule has 1 aromatic rings. The highest BCUT2D eigenvalue weighted by Crippen LogP contribution is 2.18. The number of aliphatic hydroxyl groups excluding tert-OH is 1. The molecule has 1 aliphatic carbocycles. The summed E-state index contributed by atoms with van der Waals surface area (Å²) < 4.78 is 0. The molecule has 0 bridgehead atoms. The van der Waals surface area contributed by atoms with Crippen LogP contribution in [-0.4, -0.2) is 23.2 Å². The summed E-state index contributed by atoms with van der Waals surface area (Å²) in [5.74, 6) is -0.184. The van der Waals surface area contributed by atoms with Crippen molar-refractivity contribution in [3.63, 3.8) is 0 Å². The molecule has 0 spiro atoms. The lowest BCUT2D eigenvalue weighted by atomic mass is 10.1. The van der Waals surface area contributed by atoms with Crippen LogP contribution in [-0.2, 0) is 4.79 Å². The number of carbonyl (C=O) groups is 1. The number of hydrogen-bond donors (Lipinski definition) is 2. The third-order valence-corrected chi connectivity index (χ3v) is 3.97. The van der Waals surface area contributed by atoms with E-state index in [9.17, 15) is 9.90 Å². The number of halogens is 1. The Balaban J connectivity index is 1.93. The minimum atomic E-state index is -0.435. The molecular formula is C16H20ClNO2. The van der Waals surface area contributed by atoms with Crippen molar-refractivity contribution in [3.8, 4) is 0 Å². The van der Waals surface area contributed by atoms with Crippen LogP contribution in [0.2, 0.25) is 5.02 Å². The molecule has 4 heteroatoms. The van der Waals surface area contributed by atoms with Gasteiger partial charge < -0.3 is 10.4 Å². The van der Waals surface area contributed by atoms with Gasteiger partial charge in [0.15, 0.2) is 0 Å². The zero-order valence-corrected chi connectivity index (χ0v) is 12.1. The van der Waals surface area contributed by atoms with Gasteiger partial charge in [0.1, 0.15) is 0 Å². The molecule has 20 heavy (non-hydrogen) atoms. The summed E-state index contributed by atoms with van der Waals surface area (Å²) in [6, 6.07) is 7.22. The molecule has 1 fully saturated rings. The van der Waals surface area contributed by atoms with Crippen LogP contribution in [0.5, 0.6) is 0 Å². The van der Waals surface area contributed by atoms with E-state index in [1.54, 1.807) is 12.1 Å². The topological polar surface area (TPSA) is 49.3 Å². The van der Waals surface area contributed by atoms with Gasteiger partial charge in [-0.15, -0.1) is 0 Å². The minimum absolute atomic E-state index is 0.138. The maximum Gasteiger partial charge on any atom is 0.244 e. The molecule has 1 saturated carbocycles. The van der Waals surface area contributed by atoms with Gasteiger partial charge in [0, 0.05) is 11.1 Å². The largest absolute Gasteiger partial charge is 0.391 e. The maximum absolute atomic E-state index is 11.9. The Morgan fingerprint density at radius 2 is 2.00 bits per heavy atom. The summed E-state index contributed by atoms with van der Waals surface area (Å²) in [6.45, 7) is 0. The molecule has 2 atom stereocenters. The van der Waals surface area contributed by atoms with E-state index in [2.05, 4.69) is 5.32 Å². The normalized spacial score (nSPS) is 23.5. The number of hydrogen-bond acceptors (Lipinski definition) is 2. The van der Waals surface area contributed by atoms with Crippen LogP contribution < -0.4 is 5.32 Å². The molecule has 0 heterocycles. The van der Waals surface area contributed by atoms with Crippen molar-refractivity contribution < 1.29 is 9.90 Å². The summed E-state index contributed by atoms with van der Waals surface area (Å²) in [4.78, 5) is 11.9. The van der Waals surface area contributed by atoms with Gasteiger partial charge in [0.25, 0.3) is 0 Å². The van der Waals surface area contributed by atoms with Crippen LogP contribution >= 0.6 is 11.6 Å². The third-order valence-electron chi connectivity index (χ3n) is 3.63. The lowest BCUT2D eigenvalue weighted by molar-refractivity contribution is -0.118. The Morgan fingerprint density at radius 3 is 2.80 bits per heavy atom. The van der Waals surface area contributed by atoms with Crippen molar-refractivity contribution in [2.45, 2.75) is 44.2 Å². The lowest BCUT2D eigenvalue weighted by Gasteiger charge is -2.20. The molecule has 0 radical (unpaired) electrons. The van der Waals surface area contributed by atoms with Crippen LogP contribution in [0.25, 0.3) is 6.08 Å². The first kappa shape index (κ1) is 15.1. The molecule has 0 aliphatic heterocycles. The monoisotopic (exact) mass is 293 g/mol. The number of rotatable bonds is 3. The minimum Gasteiger partial charge on any atom is -0.391 e. The number of aliphatic hydroxyl groups is 1. The molecule has 108 valence electrons. The van der Waals surface area contributed by atoms with Crippen molar-refractivity contribution in [1.82, 2.24) is 5.32 Å². The molecule has 1 aliphatic rings. The van der Waals surface area contributed by atoms with Gasteiger partial charge in [-0.3, -0.25) is 4.79 Å². The first-order valence-corrected chi connectivity index (χ1v) is 7.46. The van der Waals surface area contributed by atoms with E-state index in [1.807, 2.05) is 18.2 Å². The second-order valence-corrected chi connectivity index (χ2v) is 5.58. The highest BCUT2D eigenvalue weighted by molar-refractivity contribution is 6.32. The van der Waals surface area contributed by atoms with E-state index < -0.39 is 6.10 Å². The molecule has 2 rings (SSSR count). The molecule has 0 aromatic heterocycles. The SMILES string of the molecule is O=C(/C=C/c1ccccc1Cl)NC1CCCCCC1O. The van der Waals surface area contributed by atoms with Gasteiger partial charge in [0.2, 0.25) is 5.91 Å². The quantitative estimate of drug-likeness (QED) is 0.664. The van der Waals surface area contributed by atoms with Crippen molar-refractivity contribution in [1.29, 1.82) is 0 Å². The van der Waals surface area contributed by atoms with E-state index in [4.69, 9.17) is 11.6 Å². The second kappa shape index (κ2) is 7.46. The van der Waals surface area contributed by atoms with E-state index >= 15 is 0 Å². The van der Waals surface area contributed by atoms with Crippen LogP contribution in [0.15, 0.2) is 30.3 Å². The molecule has 3 nitrogen and oxygen atoms in total. The highest BCUT2D eigenvalue weighted by atomic mass is 35.5. The van der Waals surface area contributed by atoms with Crippen LogP contribution in [0.1, 0.15) is 37.7 Å². The average molecular weight is 294 g/mol. The van der Waals surface area contributed by atoms with E-state index in [-0.39, 0.29) is 11.9 Å². The predicted molar refractivity (Wildman–Crippen MR) is 81.5 cm³/mol. The number of carbonyl (C=O) groups excluding carboxylic acids is 1. The van der Waals surface area contributed by atoms with Crippen LogP contribution in [0.3, 0.4) is 0 Å². The number of benzene rings is 1. The zero-order valence-electron chi connectivity index (χ0n) is 11.4. The van der Waals surface area contributed by atoms with Crippen LogP contribution in [0.4, 0.5) is 0 Å². The number of nitrogens with one attached hydrogen (secondary N) is 1. The molecule has 1 aromatic carbocycles. The van der Waals surface area contributed by atoms with Crippen molar-refractivity contribution in [2.24, 2.45) is 0 Å². The summed E-state index contributed by atoms with van der Waals surface area (Å²) in [5, 5.41) is 13.5. The van der Waals surface area contributed by atoms with E-state index in [1.165, 1.54) is 6.08 Å². The molecule has 0 saturated heterocycles. The van der Waals surface area contributed by atoms with Gasteiger partial charge in [-0.2, -0.15) is 0 Å². The first-order chi connectivity index (χ1) is 9.66. The van der Waals surface area contributed by atoms with Gasteiger partial charge in [-0.05, 0) is 30.5 Å². The molecule has 1 amide bonds. The fraction of sp³-hybridized carbons (Fsp3) is 0.438. The molecule has 2 unspecified atom stereocenters. The predicted octanol–water partition coefficient (Wildman–Crippen LogP) is 3.16. The second-order valence-electron chi connectivity index (χ2n) is 5.18. The molecule has 2 N–H and O–H groups in total. The fourth-order valence-corrected chi connectivity index (χ4v) is 2.66. The van der Waals surface area contributed by atoms with Crippen molar-refractivity contribution in [3.05, 3.63) is 40.9 Å². The highest BCUT2D eigenvalue weighted by Gasteiger charge is 2.22. The Hall–Kier alpha value is -1.32. The van der Waals surface area contributed by atoms with Gasteiger partial charge in [0.05, 0.1) is 12.1 Å². The summed E-state index contributed by atoms with van der Waals surface area (Å²) in [6.07, 6.45) is 7.54. The summed E-state index contributed by atoms with van der Waals surface area (Å²) in [7, 11) is 0. The molecular weight excluding hydrogens is 274 g/mol. The smallest absolute Gasteiger partial charge is 0.244 e. The number of amides is 1. The summed E-state index contributed by atoms with van der Waals surface area (Å²) in [5.41, 5.74) is 0.811. The first-order valence-electron chi connectivity index (χ1n) is 7.08.